The van der Waals surface area contributed by atoms with Gasteiger partial charge in [-0.25, -0.2) is 0 Å². The molecule has 0 bridgehead atoms. The van der Waals surface area contributed by atoms with Gasteiger partial charge in [0.15, 0.2) is 11.6 Å². The number of carbonyl (C=O) groups is 2. The van der Waals surface area contributed by atoms with Crippen LogP contribution in [0.25, 0.3) is 21.0 Å². The second-order valence-electron chi connectivity index (χ2n) is 4.39. The lowest BCUT2D eigenvalue weighted by Crippen LogP contribution is -2.00. The summed E-state index contributed by atoms with van der Waals surface area (Å²) >= 11 is 1.27. The zero-order valence-electron chi connectivity index (χ0n) is 10.4. The Morgan fingerprint density at radius 2 is 1.84 bits per heavy atom. The van der Waals surface area contributed by atoms with Crippen LogP contribution in [0.2, 0.25) is 0 Å². The lowest BCUT2D eigenvalue weighted by atomic mass is 9.95. The molecule has 0 aliphatic heterocycles. The first-order valence-corrected chi connectivity index (χ1v) is 6.56. The topological polar surface area (TPSA) is 59.9 Å². The Labute approximate surface area is 113 Å². The van der Waals surface area contributed by atoms with Gasteiger partial charge in [-0.3, -0.25) is 9.59 Å². The summed E-state index contributed by atoms with van der Waals surface area (Å²) in [7, 11) is 0. The highest BCUT2D eigenvalue weighted by molar-refractivity contribution is 7.14. The first kappa shape index (κ1) is 11.9. The lowest BCUT2D eigenvalue weighted by molar-refractivity contribution is 0.101. The van der Waals surface area contributed by atoms with Crippen molar-refractivity contribution in [2.75, 3.05) is 0 Å². The van der Waals surface area contributed by atoms with Gasteiger partial charge >= 0.3 is 0 Å². The molecule has 5 heteroatoms. The minimum Gasteiger partial charge on any atom is -0.294 e. The molecule has 0 aliphatic rings. The molecule has 0 unspecified atom stereocenters. The van der Waals surface area contributed by atoms with Gasteiger partial charge in [-0.1, -0.05) is 22.7 Å². The molecule has 0 N–H and O–H groups in total. The Morgan fingerprint density at radius 1 is 1.11 bits per heavy atom. The van der Waals surface area contributed by atoms with Crippen LogP contribution in [-0.2, 0) is 0 Å². The summed E-state index contributed by atoms with van der Waals surface area (Å²) in [6.07, 6.45) is 0. The highest BCUT2D eigenvalue weighted by atomic mass is 32.1. The Bertz CT molecular complexity index is 836. The molecule has 3 rings (SSSR count). The molecule has 0 radical (unpaired) electrons. The summed E-state index contributed by atoms with van der Waals surface area (Å²) in [5, 5.41) is 5.59. The highest BCUT2D eigenvalue weighted by Gasteiger charge is 2.16. The number of Topliss-reactive ketones (excluding diaryl/α,β-unsaturated/α-hetero) is 2. The van der Waals surface area contributed by atoms with Crippen LogP contribution in [0.5, 0.6) is 0 Å². The molecule has 94 valence electrons. The minimum atomic E-state index is -0.0754. The number of carbonyl (C=O) groups excluding carboxylic acids is 2. The first-order valence-electron chi connectivity index (χ1n) is 5.79. The zero-order valence-corrected chi connectivity index (χ0v) is 11.2. The van der Waals surface area contributed by atoms with Crippen molar-refractivity contribution in [3.63, 3.8) is 0 Å². The average Bonchev–Trinajstić information content (AvgIpc) is 2.84. The van der Waals surface area contributed by atoms with Gasteiger partial charge in [0.1, 0.15) is 5.52 Å². The molecule has 1 heterocycles. The summed E-state index contributed by atoms with van der Waals surface area (Å²) in [5.41, 5.74) is 1.79. The normalized spacial score (nSPS) is 11.1. The third-order valence-corrected chi connectivity index (χ3v) is 3.91. The molecule has 19 heavy (non-hydrogen) atoms. The van der Waals surface area contributed by atoms with Crippen LogP contribution in [0, 0.1) is 0 Å². The Kier molecular flexibility index (Phi) is 2.64. The fraction of sp³-hybridized carbons (Fsp3) is 0.143. The second-order valence-corrected chi connectivity index (χ2v) is 5.14. The maximum atomic E-state index is 11.8. The van der Waals surface area contributed by atoms with E-state index >= 15 is 0 Å². The highest BCUT2D eigenvalue weighted by Crippen LogP contribution is 2.32. The summed E-state index contributed by atoms with van der Waals surface area (Å²) in [6.45, 7) is 3.01. The van der Waals surface area contributed by atoms with Gasteiger partial charge < -0.3 is 0 Å². The van der Waals surface area contributed by atoms with E-state index in [0.717, 1.165) is 10.1 Å². The molecule has 0 spiro atoms. The van der Waals surface area contributed by atoms with Crippen molar-refractivity contribution >= 4 is 44.1 Å². The molecule has 0 atom stereocenters. The lowest BCUT2D eigenvalue weighted by Gasteiger charge is -2.08. The molecule has 0 saturated carbocycles. The maximum absolute atomic E-state index is 11.8. The van der Waals surface area contributed by atoms with Crippen molar-refractivity contribution in [1.82, 2.24) is 9.59 Å². The summed E-state index contributed by atoms with van der Waals surface area (Å²) in [4.78, 5) is 23.6. The smallest absolute Gasteiger partial charge is 0.160 e. The maximum Gasteiger partial charge on any atom is 0.160 e. The average molecular weight is 270 g/mol. The number of hydrogen-bond acceptors (Lipinski definition) is 5. The van der Waals surface area contributed by atoms with Crippen LogP contribution in [-0.4, -0.2) is 21.2 Å². The minimum absolute atomic E-state index is 0.0510. The van der Waals surface area contributed by atoms with Gasteiger partial charge in [0.25, 0.3) is 0 Å². The quantitative estimate of drug-likeness (QED) is 0.671. The third-order valence-electron chi connectivity index (χ3n) is 3.13. The fourth-order valence-electron chi connectivity index (χ4n) is 2.29. The van der Waals surface area contributed by atoms with E-state index < -0.39 is 0 Å². The van der Waals surface area contributed by atoms with Crippen molar-refractivity contribution < 1.29 is 9.59 Å². The van der Waals surface area contributed by atoms with Crippen LogP contribution < -0.4 is 0 Å². The molecule has 0 aliphatic carbocycles. The van der Waals surface area contributed by atoms with E-state index in [0.29, 0.717) is 22.0 Å². The van der Waals surface area contributed by atoms with E-state index in [2.05, 4.69) is 9.59 Å². The van der Waals surface area contributed by atoms with Crippen molar-refractivity contribution in [3.8, 4) is 0 Å². The van der Waals surface area contributed by atoms with Crippen LogP contribution >= 0.6 is 11.5 Å². The van der Waals surface area contributed by atoms with Gasteiger partial charge in [-0.15, -0.1) is 5.10 Å². The van der Waals surface area contributed by atoms with Gasteiger partial charge in [0.05, 0.1) is 4.70 Å². The van der Waals surface area contributed by atoms with E-state index in [4.69, 9.17) is 0 Å². The van der Waals surface area contributed by atoms with Crippen molar-refractivity contribution in [3.05, 3.63) is 35.4 Å². The van der Waals surface area contributed by atoms with Crippen LogP contribution in [0.15, 0.2) is 24.3 Å². The van der Waals surface area contributed by atoms with Crippen molar-refractivity contribution in [1.29, 1.82) is 0 Å². The van der Waals surface area contributed by atoms with E-state index in [1.165, 1.54) is 25.4 Å². The summed E-state index contributed by atoms with van der Waals surface area (Å²) in [5.74, 6) is -0.126. The number of aromatic nitrogens is 2. The summed E-state index contributed by atoms with van der Waals surface area (Å²) in [6, 6.07) is 7.19. The molecular weight excluding hydrogens is 260 g/mol. The van der Waals surface area contributed by atoms with E-state index in [9.17, 15) is 9.59 Å². The van der Waals surface area contributed by atoms with Crippen molar-refractivity contribution in [2.45, 2.75) is 13.8 Å². The predicted octanol–water partition coefficient (Wildman–Crippen LogP) is 3.25. The molecule has 0 amide bonds. The van der Waals surface area contributed by atoms with Crippen LogP contribution in [0.4, 0.5) is 0 Å². The molecule has 1 aromatic heterocycles. The zero-order chi connectivity index (χ0) is 13.6. The molecule has 2 aromatic carbocycles. The second kappa shape index (κ2) is 4.20. The number of ketones is 2. The largest absolute Gasteiger partial charge is 0.294 e. The predicted molar refractivity (Wildman–Crippen MR) is 74.9 cm³/mol. The van der Waals surface area contributed by atoms with Gasteiger partial charge in [0.2, 0.25) is 0 Å². The van der Waals surface area contributed by atoms with E-state index in [-0.39, 0.29) is 11.6 Å². The molecule has 4 nitrogen and oxygen atoms in total. The monoisotopic (exact) mass is 270 g/mol. The number of hydrogen-bond donors (Lipinski definition) is 0. The van der Waals surface area contributed by atoms with Gasteiger partial charge in [-0.2, -0.15) is 0 Å². The van der Waals surface area contributed by atoms with E-state index in [1.54, 1.807) is 12.1 Å². The Balaban J connectivity index is 2.61. The van der Waals surface area contributed by atoms with Crippen molar-refractivity contribution in [2.24, 2.45) is 0 Å². The molecule has 0 fully saturated rings. The summed E-state index contributed by atoms with van der Waals surface area (Å²) < 4.78 is 4.83. The molecular formula is C14H10N2O2S. The number of benzene rings is 2. The molecule has 3 aromatic rings. The fourth-order valence-corrected chi connectivity index (χ4v) is 2.96. The van der Waals surface area contributed by atoms with Gasteiger partial charge in [-0.05, 0) is 31.4 Å². The van der Waals surface area contributed by atoms with Crippen LogP contribution in [0.3, 0.4) is 0 Å². The Hall–Kier alpha value is -2.14. The van der Waals surface area contributed by atoms with E-state index in [1.807, 2.05) is 12.1 Å². The number of nitrogens with zero attached hydrogens (tertiary/aromatic N) is 2. The number of fused-ring (bicyclic) bond motifs is 3. The van der Waals surface area contributed by atoms with Crippen LogP contribution in [0.1, 0.15) is 34.6 Å². The van der Waals surface area contributed by atoms with Gasteiger partial charge in [0, 0.05) is 21.9 Å². The third kappa shape index (κ3) is 1.74. The Morgan fingerprint density at radius 3 is 2.53 bits per heavy atom. The molecule has 0 saturated heterocycles. The SMILES string of the molecule is CC(=O)c1cccc2c1c(C(C)=O)cc1nnsc12. The number of rotatable bonds is 2. The first-order chi connectivity index (χ1) is 9.09. The standard InChI is InChI=1S/C14H10N2O2S/c1-7(17)9-4-3-5-10-13(9)11(8(2)18)6-12-14(10)19-16-15-12/h3-6H,1-2H3.